The summed E-state index contributed by atoms with van der Waals surface area (Å²) in [7, 11) is 0. The van der Waals surface area contributed by atoms with Gasteiger partial charge in [0.2, 0.25) is 5.91 Å². The van der Waals surface area contributed by atoms with Gasteiger partial charge in [-0.05, 0) is 48.5 Å². The van der Waals surface area contributed by atoms with Gasteiger partial charge in [-0.3, -0.25) is 14.9 Å². The molecule has 0 fully saturated rings. The molecule has 0 saturated carbocycles. The van der Waals surface area contributed by atoms with Gasteiger partial charge in [0, 0.05) is 24.3 Å². The molecule has 6 nitrogen and oxygen atoms in total. The lowest BCUT2D eigenvalue weighted by molar-refractivity contribution is -0.115. The zero-order valence-corrected chi connectivity index (χ0v) is 16.5. The molecule has 0 bridgehead atoms. The van der Waals surface area contributed by atoms with E-state index < -0.39 is 5.91 Å². The Morgan fingerprint density at radius 2 is 1.82 bits per heavy atom. The Bertz CT molecular complexity index is 887. The summed E-state index contributed by atoms with van der Waals surface area (Å²) in [4.78, 5) is 24.3. The van der Waals surface area contributed by atoms with Crippen molar-refractivity contribution < 1.29 is 14.7 Å². The maximum absolute atomic E-state index is 12.2. The summed E-state index contributed by atoms with van der Waals surface area (Å²) in [6.07, 6.45) is 3.37. The highest BCUT2D eigenvalue weighted by Crippen LogP contribution is 2.16. The molecule has 8 heteroatoms. The number of hydrogen-bond acceptors (Lipinski definition) is 4. The molecule has 0 spiro atoms. The summed E-state index contributed by atoms with van der Waals surface area (Å²) in [5.41, 5.74) is 1.55. The molecule has 0 heterocycles. The predicted molar refractivity (Wildman–Crippen MR) is 115 cm³/mol. The monoisotopic (exact) mass is 417 g/mol. The first-order valence-electron chi connectivity index (χ1n) is 8.54. The van der Waals surface area contributed by atoms with Crippen LogP contribution in [0.1, 0.15) is 22.3 Å². The standard InChI is InChI=1S/C20H20ClN3O3S/c21-16-8-3-1-6-14(16)10-11-18(26)24-20(28)23-17-9-4-2-7-15(17)19(27)22-12-5-13-25/h1-4,6-11,25H,5,12-13H2,(H,22,27)(H2,23,24,26,28)/b11-10+. The molecule has 0 radical (unpaired) electrons. The molecular formula is C20H20ClN3O3S. The highest BCUT2D eigenvalue weighted by Gasteiger charge is 2.12. The SMILES string of the molecule is O=C(/C=C/c1ccccc1Cl)NC(=S)Nc1ccccc1C(=O)NCCCO. The smallest absolute Gasteiger partial charge is 0.253 e. The second-order valence-corrected chi connectivity index (χ2v) is 6.49. The van der Waals surface area contributed by atoms with E-state index in [2.05, 4.69) is 16.0 Å². The van der Waals surface area contributed by atoms with Crippen molar-refractivity contribution in [3.63, 3.8) is 0 Å². The number of rotatable bonds is 7. The minimum atomic E-state index is -0.428. The van der Waals surface area contributed by atoms with E-state index in [1.54, 1.807) is 48.5 Å². The van der Waals surface area contributed by atoms with Crippen LogP contribution in [-0.2, 0) is 4.79 Å². The Kier molecular flexibility index (Phi) is 8.61. The lowest BCUT2D eigenvalue weighted by Gasteiger charge is -2.13. The van der Waals surface area contributed by atoms with Crippen LogP contribution in [0.15, 0.2) is 54.6 Å². The first-order valence-corrected chi connectivity index (χ1v) is 9.32. The fourth-order valence-electron chi connectivity index (χ4n) is 2.25. The van der Waals surface area contributed by atoms with E-state index >= 15 is 0 Å². The van der Waals surface area contributed by atoms with E-state index in [0.717, 1.165) is 0 Å². The Labute approximate surface area is 173 Å². The van der Waals surface area contributed by atoms with Gasteiger partial charge in [-0.15, -0.1) is 0 Å². The van der Waals surface area contributed by atoms with Crippen LogP contribution < -0.4 is 16.0 Å². The van der Waals surface area contributed by atoms with Crippen LogP contribution >= 0.6 is 23.8 Å². The van der Waals surface area contributed by atoms with Crippen molar-refractivity contribution in [1.29, 1.82) is 0 Å². The second kappa shape index (κ2) is 11.2. The summed E-state index contributed by atoms with van der Waals surface area (Å²) in [5, 5.41) is 17.5. The van der Waals surface area contributed by atoms with Gasteiger partial charge >= 0.3 is 0 Å². The number of benzene rings is 2. The summed E-state index contributed by atoms with van der Waals surface area (Å²) < 4.78 is 0. The minimum Gasteiger partial charge on any atom is -0.396 e. The van der Waals surface area contributed by atoms with E-state index in [-0.39, 0.29) is 17.6 Å². The van der Waals surface area contributed by atoms with Crippen LogP contribution in [0.2, 0.25) is 5.02 Å². The highest BCUT2D eigenvalue weighted by atomic mass is 35.5. The third-order valence-electron chi connectivity index (χ3n) is 3.60. The molecule has 146 valence electrons. The van der Waals surface area contributed by atoms with Crippen molar-refractivity contribution in [1.82, 2.24) is 10.6 Å². The van der Waals surface area contributed by atoms with Crippen molar-refractivity contribution in [2.24, 2.45) is 0 Å². The summed E-state index contributed by atoms with van der Waals surface area (Å²) in [6, 6.07) is 13.9. The number of aliphatic hydroxyl groups excluding tert-OH is 1. The third-order valence-corrected chi connectivity index (χ3v) is 4.14. The number of carbonyl (C=O) groups is 2. The van der Waals surface area contributed by atoms with E-state index in [0.29, 0.717) is 34.8 Å². The first kappa shape index (κ1) is 21.6. The van der Waals surface area contributed by atoms with E-state index in [9.17, 15) is 9.59 Å². The first-order chi connectivity index (χ1) is 13.5. The molecule has 0 saturated heterocycles. The zero-order valence-electron chi connectivity index (χ0n) is 14.9. The molecule has 2 aromatic carbocycles. The number of aliphatic hydroxyl groups is 1. The molecule has 4 N–H and O–H groups in total. The number of para-hydroxylation sites is 1. The van der Waals surface area contributed by atoms with Gasteiger partial charge in [0.05, 0.1) is 11.3 Å². The second-order valence-electron chi connectivity index (χ2n) is 5.68. The van der Waals surface area contributed by atoms with Gasteiger partial charge in [0.15, 0.2) is 5.11 Å². The number of anilines is 1. The van der Waals surface area contributed by atoms with Gasteiger partial charge in [-0.1, -0.05) is 41.9 Å². The molecule has 0 unspecified atom stereocenters. The summed E-state index contributed by atoms with van der Waals surface area (Å²) in [5.74, 6) is -0.730. The molecule has 0 aliphatic heterocycles. The van der Waals surface area contributed by atoms with Gasteiger partial charge in [-0.25, -0.2) is 0 Å². The average molecular weight is 418 g/mol. The van der Waals surface area contributed by atoms with Crippen molar-refractivity contribution in [2.45, 2.75) is 6.42 Å². The van der Waals surface area contributed by atoms with Crippen LogP contribution in [0.3, 0.4) is 0 Å². The highest BCUT2D eigenvalue weighted by molar-refractivity contribution is 7.80. The topological polar surface area (TPSA) is 90.5 Å². The van der Waals surface area contributed by atoms with Crippen LogP contribution in [-0.4, -0.2) is 35.2 Å². The number of carbonyl (C=O) groups excluding carboxylic acids is 2. The maximum atomic E-state index is 12.2. The molecule has 0 aliphatic carbocycles. The predicted octanol–water partition coefficient (Wildman–Crippen LogP) is 2.98. The fourth-order valence-corrected chi connectivity index (χ4v) is 2.66. The molecular weight excluding hydrogens is 398 g/mol. The van der Waals surface area contributed by atoms with Gasteiger partial charge in [-0.2, -0.15) is 0 Å². The third kappa shape index (κ3) is 6.77. The average Bonchev–Trinajstić information content (AvgIpc) is 2.67. The van der Waals surface area contributed by atoms with Crippen LogP contribution in [0.5, 0.6) is 0 Å². The van der Waals surface area contributed by atoms with Gasteiger partial charge < -0.3 is 15.7 Å². The molecule has 0 aliphatic rings. The van der Waals surface area contributed by atoms with E-state index in [4.69, 9.17) is 28.9 Å². The Balaban J connectivity index is 1.96. The number of halogens is 1. The lowest BCUT2D eigenvalue weighted by Crippen LogP contribution is -2.34. The lowest BCUT2D eigenvalue weighted by atomic mass is 10.1. The van der Waals surface area contributed by atoms with Gasteiger partial charge in [0.25, 0.3) is 5.91 Å². The van der Waals surface area contributed by atoms with Crippen molar-refractivity contribution in [3.05, 3.63) is 70.8 Å². The molecule has 2 amide bonds. The maximum Gasteiger partial charge on any atom is 0.253 e. The molecule has 2 rings (SSSR count). The van der Waals surface area contributed by atoms with Crippen molar-refractivity contribution >= 4 is 52.5 Å². The van der Waals surface area contributed by atoms with E-state index in [1.165, 1.54) is 6.08 Å². The molecule has 0 atom stereocenters. The number of hydrogen-bond donors (Lipinski definition) is 4. The van der Waals surface area contributed by atoms with Gasteiger partial charge in [0.1, 0.15) is 0 Å². The number of thiocarbonyl (C=S) groups is 1. The summed E-state index contributed by atoms with van der Waals surface area (Å²) in [6.45, 7) is 0.357. The number of amides is 2. The molecule has 2 aromatic rings. The molecule has 28 heavy (non-hydrogen) atoms. The Morgan fingerprint density at radius 1 is 1.11 bits per heavy atom. The fraction of sp³-hybridized carbons (Fsp3) is 0.150. The normalized spacial score (nSPS) is 10.5. The van der Waals surface area contributed by atoms with Crippen LogP contribution in [0.4, 0.5) is 5.69 Å². The van der Waals surface area contributed by atoms with Crippen LogP contribution in [0.25, 0.3) is 6.08 Å². The Morgan fingerprint density at radius 3 is 2.57 bits per heavy atom. The minimum absolute atomic E-state index is 0.00198. The van der Waals surface area contributed by atoms with Crippen molar-refractivity contribution in [3.8, 4) is 0 Å². The molecule has 0 aromatic heterocycles. The summed E-state index contributed by atoms with van der Waals surface area (Å²) >= 11 is 11.2. The van der Waals surface area contributed by atoms with Crippen LogP contribution in [0, 0.1) is 0 Å². The quantitative estimate of drug-likeness (QED) is 0.316. The zero-order chi connectivity index (χ0) is 20.4. The Hall–Kier alpha value is -2.74. The van der Waals surface area contributed by atoms with Crippen molar-refractivity contribution in [2.75, 3.05) is 18.5 Å². The largest absolute Gasteiger partial charge is 0.396 e. The number of nitrogens with one attached hydrogen (secondary N) is 3. The van der Waals surface area contributed by atoms with E-state index in [1.807, 2.05) is 6.07 Å².